The van der Waals surface area contributed by atoms with Crippen molar-refractivity contribution in [2.24, 2.45) is 0 Å². The number of unbranched alkanes of at least 4 members (excludes halogenated alkanes) is 34. The van der Waals surface area contributed by atoms with Crippen LogP contribution in [0, 0.1) is 0 Å². The normalized spacial score (nSPS) is 14.6. The highest BCUT2D eigenvalue weighted by Crippen LogP contribution is 2.45. The van der Waals surface area contributed by atoms with Crippen molar-refractivity contribution in [2.75, 3.05) is 39.6 Å². The van der Waals surface area contributed by atoms with E-state index in [1.165, 1.54) is 154 Å². The Labute approximate surface area is 627 Å². The first-order valence-corrected chi connectivity index (χ1v) is 43.8. The smallest absolute Gasteiger partial charge is 0.463 e. The lowest BCUT2D eigenvalue weighted by Gasteiger charge is -2.21. The first-order chi connectivity index (χ1) is 50.2. The van der Waals surface area contributed by atoms with Crippen molar-refractivity contribution >= 4 is 33.6 Å². The van der Waals surface area contributed by atoms with Gasteiger partial charge in [-0.15, -0.1) is 0 Å². The van der Waals surface area contributed by atoms with Crippen molar-refractivity contribution in [1.29, 1.82) is 0 Å². The van der Waals surface area contributed by atoms with Crippen molar-refractivity contribution in [2.45, 2.75) is 360 Å². The first-order valence-electron chi connectivity index (χ1n) is 40.8. The molecule has 5 unspecified atom stereocenters. The summed E-state index contributed by atoms with van der Waals surface area (Å²) in [6.45, 7) is 2.45. The Morgan fingerprint density at radius 1 is 0.282 bits per heavy atom. The standard InChI is InChI=1S/C85H148O16P2/c1-4-7-10-13-16-19-22-25-28-30-32-33-34-35-36-37-38-39-40-41-42-43-44-45-47-49-51-53-56-59-62-65-68-71-83(88)95-74-80(86)75-97-102(91,92)98-76-81(87)77-99-103(93,94)100-79-82(101-85(90)73-70-67-64-61-58-55-50-27-24-21-18-15-12-9-6-3)78-96-84(89)72-69-66-63-60-57-54-52-48-46-31-29-26-23-20-17-14-11-8-5-2/h7-8,10-11,16-17,19-20,25-26,28-29,32-33,35-36,46,48,54,57,80-82,86-87H,4-6,9,12-15,18,21-24,27,30-31,34,37-45,47,49-53,55-56,58-79H2,1-3H3,(H,91,92)(H,93,94)/b10-7-,11-8-,19-16-,20-17-,28-25-,29-26-,33-32-,36-35-,48-46-,57-54-. The van der Waals surface area contributed by atoms with E-state index in [0.717, 1.165) is 128 Å². The fourth-order valence-electron chi connectivity index (χ4n) is 11.0. The number of esters is 3. The number of phosphoric ester groups is 2. The maximum absolute atomic E-state index is 13.0. The zero-order chi connectivity index (χ0) is 75.2. The van der Waals surface area contributed by atoms with E-state index >= 15 is 0 Å². The zero-order valence-corrected chi connectivity index (χ0v) is 66.7. The molecule has 0 spiro atoms. The fourth-order valence-corrected chi connectivity index (χ4v) is 12.6. The van der Waals surface area contributed by atoms with Gasteiger partial charge in [-0.25, -0.2) is 9.13 Å². The fraction of sp³-hybridized carbons (Fsp3) is 0.729. The number of phosphoric acid groups is 2. The van der Waals surface area contributed by atoms with Crippen molar-refractivity contribution in [3.8, 4) is 0 Å². The molecule has 0 aromatic heterocycles. The number of carbonyl (C=O) groups excluding carboxylic acids is 3. The van der Waals surface area contributed by atoms with Crippen LogP contribution in [0.25, 0.3) is 0 Å². The Hall–Kier alpha value is -4.05. The molecule has 0 saturated heterocycles. The molecule has 0 heterocycles. The molecule has 0 fully saturated rings. The quantitative estimate of drug-likeness (QED) is 0.0146. The number of allylic oxidation sites excluding steroid dienone is 20. The lowest BCUT2D eigenvalue weighted by atomic mass is 10.0. The van der Waals surface area contributed by atoms with E-state index in [1.807, 2.05) is 0 Å². The molecule has 0 aliphatic rings. The van der Waals surface area contributed by atoms with Crippen LogP contribution < -0.4 is 0 Å². The zero-order valence-electron chi connectivity index (χ0n) is 65.0. The van der Waals surface area contributed by atoms with Gasteiger partial charge in [-0.05, 0) is 109 Å². The maximum atomic E-state index is 13.0. The third-order valence-electron chi connectivity index (χ3n) is 17.2. The van der Waals surface area contributed by atoms with E-state index in [2.05, 4.69) is 142 Å². The van der Waals surface area contributed by atoms with Crippen LogP contribution in [-0.4, -0.2) is 95.9 Å². The molecule has 0 saturated carbocycles. The number of hydrogen-bond acceptors (Lipinski definition) is 14. The third kappa shape index (κ3) is 78.8. The second kappa shape index (κ2) is 77.6. The molecule has 0 bridgehead atoms. The summed E-state index contributed by atoms with van der Waals surface area (Å²) in [5.74, 6) is -1.60. The second-order valence-corrected chi connectivity index (χ2v) is 30.1. The van der Waals surface area contributed by atoms with Gasteiger partial charge in [-0.2, -0.15) is 0 Å². The van der Waals surface area contributed by atoms with Crippen molar-refractivity contribution < 1.29 is 75.8 Å². The summed E-state index contributed by atoms with van der Waals surface area (Å²) in [5.41, 5.74) is 0. The van der Waals surface area contributed by atoms with Gasteiger partial charge in [0.2, 0.25) is 0 Å². The molecule has 0 rings (SSSR count). The van der Waals surface area contributed by atoms with Gasteiger partial charge in [0.1, 0.15) is 25.4 Å². The lowest BCUT2D eigenvalue weighted by Crippen LogP contribution is -2.30. The van der Waals surface area contributed by atoms with Crippen LogP contribution in [0.2, 0.25) is 0 Å². The predicted octanol–water partition coefficient (Wildman–Crippen LogP) is 24.1. The van der Waals surface area contributed by atoms with Gasteiger partial charge in [0.25, 0.3) is 0 Å². The van der Waals surface area contributed by atoms with Gasteiger partial charge in [0.05, 0.1) is 26.4 Å². The van der Waals surface area contributed by atoms with E-state index in [1.54, 1.807) is 0 Å². The molecule has 0 radical (unpaired) electrons. The van der Waals surface area contributed by atoms with E-state index in [4.69, 9.17) is 32.3 Å². The third-order valence-corrected chi connectivity index (χ3v) is 19.1. The minimum Gasteiger partial charge on any atom is -0.463 e. The summed E-state index contributed by atoms with van der Waals surface area (Å²) >= 11 is 0. The number of ether oxygens (including phenoxy) is 3. The highest BCUT2D eigenvalue weighted by atomic mass is 31.2. The molecular weight excluding hydrogens is 1340 g/mol. The van der Waals surface area contributed by atoms with Crippen molar-refractivity contribution in [3.63, 3.8) is 0 Å². The molecule has 0 aromatic carbocycles. The van der Waals surface area contributed by atoms with Crippen LogP contribution in [-0.2, 0) is 55.8 Å². The largest absolute Gasteiger partial charge is 0.472 e. The van der Waals surface area contributed by atoms with Gasteiger partial charge >= 0.3 is 33.6 Å². The molecule has 4 N–H and O–H groups in total. The van der Waals surface area contributed by atoms with Crippen LogP contribution in [0.3, 0.4) is 0 Å². The predicted molar refractivity (Wildman–Crippen MR) is 427 cm³/mol. The maximum Gasteiger partial charge on any atom is 0.472 e. The average Bonchev–Trinajstić information content (AvgIpc) is 0.916. The summed E-state index contributed by atoms with van der Waals surface area (Å²) in [4.78, 5) is 58.6. The monoisotopic (exact) mass is 1490 g/mol. The summed E-state index contributed by atoms with van der Waals surface area (Å²) < 4.78 is 61.1. The molecular formula is C85H148O16P2. The number of aliphatic hydroxyl groups is 2. The molecule has 5 atom stereocenters. The van der Waals surface area contributed by atoms with Gasteiger partial charge < -0.3 is 34.2 Å². The Balaban J connectivity index is 4.44. The average molecular weight is 1490 g/mol. The van der Waals surface area contributed by atoms with Gasteiger partial charge in [-0.3, -0.25) is 32.5 Å². The highest BCUT2D eigenvalue weighted by molar-refractivity contribution is 7.47. The molecule has 0 aliphatic heterocycles. The number of rotatable bonds is 77. The highest BCUT2D eigenvalue weighted by Gasteiger charge is 2.29. The van der Waals surface area contributed by atoms with Crippen molar-refractivity contribution in [1.82, 2.24) is 0 Å². The number of hydrogen-bond donors (Lipinski definition) is 4. The Kier molecular flexibility index (Phi) is 74.5. The Morgan fingerprint density at radius 2 is 0.515 bits per heavy atom. The van der Waals surface area contributed by atoms with E-state index in [9.17, 15) is 43.5 Å². The summed E-state index contributed by atoms with van der Waals surface area (Å²) in [6, 6.07) is 0. The second-order valence-electron chi connectivity index (χ2n) is 27.2. The van der Waals surface area contributed by atoms with E-state index in [0.29, 0.717) is 19.3 Å². The van der Waals surface area contributed by atoms with E-state index in [-0.39, 0.29) is 19.3 Å². The molecule has 103 heavy (non-hydrogen) atoms. The molecule has 16 nitrogen and oxygen atoms in total. The molecule has 0 amide bonds. The summed E-state index contributed by atoms with van der Waals surface area (Å²) in [6.07, 6.45) is 92.6. The van der Waals surface area contributed by atoms with Gasteiger partial charge in [0.15, 0.2) is 6.10 Å². The number of aliphatic hydroxyl groups excluding tert-OH is 2. The van der Waals surface area contributed by atoms with Crippen LogP contribution >= 0.6 is 15.6 Å². The minimum atomic E-state index is -4.94. The molecule has 18 heteroatoms. The molecule has 0 aliphatic carbocycles. The molecule has 0 aromatic rings. The summed E-state index contributed by atoms with van der Waals surface area (Å²) in [7, 11) is -9.79. The van der Waals surface area contributed by atoms with Crippen molar-refractivity contribution in [3.05, 3.63) is 122 Å². The lowest BCUT2D eigenvalue weighted by molar-refractivity contribution is -0.161. The Morgan fingerprint density at radius 3 is 0.825 bits per heavy atom. The van der Waals surface area contributed by atoms with E-state index < -0.39 is 91.5 Å². The number of carbonyl (C=O) groups is 3. The van der Waals surface area contributed by atoms with Crippen LogP contribution in [0.1, 0.15) is 342 Å². The first kappa shape index (κ1) is 98.9. The Bertz CT molecular complexity index is 2360. The molecule has 594 valence electrons. The van der Waals surface area contributed by atoms with Crippen LogP contribution in [0.5, 0.6) is 0 Å². The summed E-state index contributed by atoms with van der Waals surface area (Å²) in [5, 5.41) is 20.6. The van der Waals surface area contributed by atoms with Gasteiger partial charge in [0, 0.05) is 19.3 Å². The topological polar surface area (TPSA) is 231 Å². The minimum absolute atomic E-state index is 0.0994. The SMILES string of the molecule is CC/C=C\C/C=C\C/C=C\C/C=C\C/C=C\CCCCCCCCCCCCCCCCCCCC(=O)OCC(O)COP(=O)(O)OCC(O)COP(=O)(O)OCC(COC(=O)CCCCC/C=C\C/C=C\C/C=C\C/C=C\C/C=C\CC)OC(=O)CCCCCCCCCCCCCCCCC. The van der Waals surface area contributed by atoms with Crippen LogP contribution in [0.15, 0.2) is 122 Å². The van der Waals surface area contributed by atoms with Crippen LogP contribution in [0.4, 0.5) is 0 Å². The van der Waals surface area contributed by atoms with Gasteiger partial charge in [-0.1, -0.05) is 335 Å².